The van der Waals surface area contributed by atoms with Gasteiger partial charge in [0, 0.05) is 24.7 Å². The van der Waals surface area contributed by atoms with E-state index in [1.54, 1.807) is 19.1 Å². The van der Waals surface area contributed by atoms with Gasteiger partial charge in [-0.15, -0.1) is 0 Å². The molecular weight excluding hydrogens is 476 g/mol. The molecule has 0 radical (unpaired) electrons. The summed E-state index contributed by atoms with van der Waals surface area (Å²) < 4.78 is 58.8. The summed E-state index contributed by atoms with van der Waals surface area (Å²) in [6.45, 7) is 1.95. The van der Waals surface area contributed by atoms with Crippen molar-refractivity contribution in [2.24, 2.45) is 0 Å². The number of sulfonamides is 1. The van der Waals surface area contributed by atoms with E-state index >= 15 is 0 Å². The summed E-state index contributed by atoms with van der Waals surface area (Å²) in [5.41, 5.74) is 1.86. The van der Waals surface area contributed by atoms with Crippen LogP contribution in [0.4, 0.5) is 8.78 Å². The maximum atomic E-state index is 13.8. The van der Waals surface area contributed by atoms with Gasteiger partial charge in [0.25, 0.3) is 5.56 Å². The third-order valence-electron chi connectivity index (χ3n) is 5.44. The minimum Gasteiger partial charge on any atom is -0.471 e. The van der Waals surface area contributed by atoms with Crippen LogP contribution < -0.4 is 10.3 Å². The first-order valence-corrected chi connectivity index (χ1v) is 12.2. The van der Waals surface area contributed by atoms with Crippen LogP contribution in [0.5, 0.6) is 5.88 Å². The number of halogens is 3. The van der Waals surface area contributed by atoms with Gasteiger partial charge in [-0.3, -0.25) is 9.36 Å². The Bertz CT molecular complexity index is 1410. The Morgan fingerprint density at radius 1 is 1.15 bits per heavy atom. The van der Waals surface area contributed by atoms with E-state index in [4.69, 9.17) is 16.3 Å². The standard InChI is InChI=1S/C22H20ClF2N3O4S/c1-13-26-21(32-12-16-3-5-17(24)10-19(16)25)20(23)22(29)28(13)18-6-4-15-11-27(33(2,30)31)8-7-14(15)9-18/h3-6,9-10H,7-8,11-12H2,1-2H3. The molecule has 0 amide bonds. The number of nitrogens with zero attached hydrogens (tertiary/aromatic N) is 3. The van der Waals surface area contributed by atoms with Crippen LogP contribution in [0, 0.1) is 18.6 Å². The number of rotatable bonds is 5. The highest BCUT2D eigenvalue weighted by molar-refractivity contribution is 7.88. The van der Waals surface area contributed by atoms with Crippen LogP contribution in [0.1, 0.15) is 22.5 Å². The van der Waals surface area contributed by atoms with E-state index in [9.17, 15) is 22.0 Å². The number of hydrogen-bond acceptors (Lipinski definition) is 5. The van der Waals surface area contributed by atoms with E-state index in [1.165, 1.54) is 21.2 Å². The summed E-state index contributed by atoms with van der Waals surface area (Å²) in [6, 6.07) is 8.38. The fourth-order valence-corrected chi connectivity index (χ4v) is 4.68. The lowest BCUT2D eigenvalue weighted by atomic mass is 10.0. The van der Waals surface area contributed by atoms with Crippen molar-refractivity contribution in [3.05, 3.63) is 85.9 Å². The first kappa shape index (κ1) is 23.3. The van der Waals surface area contributed by atoms with Crippen molar-refractivity contribution < 1.29 is 21.9 Å². The van der Waals surface area contributed by atoms with E-state index < -0.39 is 27.2 Å². The maximum Gasteiger partial charge on any atom is 0.280 e. The number of aromatic nitrogens is 2. The van der Waals surface area contributed by atoms with Crippen molar-refractivity contribution in [1.82, 2.24) is 13.9 Å². The Kier molecular flexibility index (Phi) is 6.26. The van der Waals surface area contributed by atoms with Crippen molar-refractivity contribution in [2.75, 3.05) is 12.8 Å². The molecule has 0 spiro atoms. The highest BCUT2D eigenvalue weighted by Crippen LogP contribution is 2.26. The summed E-state index contributed by atoms with van der Waals surface area (Å²) in [7, 11) is -3.29. The number of benzene rings is 2. The fraction of sp³-hybridized carbons (Fsp3) is 0.273. The van der Waals surface area contributed by atoms with Crippen LogP contribution in [0.25, 0.3) is 5.69 Å². The largest absolute Gasteiger partial charge is 0.471 e. The molecule has 0 atom stereocenters. The number of hydrogen-bond donors (Lipinski definition) is 0. The van der Waals surface area contributed by atoms with Crippen molar-refractivity contribution >= 4 is 21.6 Å². The van der Waals surface area contributed by atoms with Crippen LogP contribution in [0.2, 0.25) is 5.02 Å². The van der Waals surface area contributed by atoms with E-state index in [2.05, 4.69) is 4.98 Å². The Labute approximate surface area is 194 Å². The third kappa shape index (κ3) is 4.78. The minimum atomic E-state index is -3.29. The zero-order valence-corrected chi connectivity index (χ0v) is 19.4. The third-order valence-corrected chi connectivity index (χ3v) is 7.01. The number of fused-ring (bicyclic) bond motifs is 1. The topological polar surface area (TPSA) is 81.5 Å². The normalized spacial score (nSPS) is 14.2. The van der Waals surface area contributed by atoms with Crippen molar-refractivity contribution in [2.45, 2.75) is 26.5 Å². The number of ether oxygens (including phenoxy) is 1. The molecular formula is C22H20ClF2N3O4S. The van der Waals surface area contributed by atoms with Gasteiger partial charge in [0.15, 0.2) is 5.02 Å². The van der Waals surface area contributed by atoms with Gasteiger partial charge in [0.2, 0.25) is 15.9 Å². The summed E-state index contributed by atoms with van der Waals surface area (Å²) in [5, 5.41) is -0.274. The molecule has 174 valence electrons. The second-order valence-corrected chi connectivity index (χ2v) is 10.1. The first-order valence-electron chi connectivity index (χ1n) is 9.98. The minimum absolute atomic E-state index is 0.0916. The van der Waals surface area contributed by atoms with E-state index in [1.807, 2.05) is 6.07 Å². The van der Waals surface area contributed by atoms with Crippen LogP contribution >= 0.6 is 11.6 Å². The molecule has 0 saturated carbocycles. The molecule has 3 aromatic rings. The Morgan fingerprint density at radius 3 is 2.61 bits per heavy atom. The average Bonchev–Trinajstić information content (AvgIpc) is 2.75. The summed E-state index contributed by atoms with van der Waals surface area (Å²) in [4.78, 5) is 17.2. The van der Waals surface area contributed by atoms with Gasteiger partial charge in [-0.2, -0.15) is 9.29 Å². The second-order valence-electron chi connectivity index (χ2n) is 7.74. The highest BCUT2D eigenvalue weighted by atomic mass is 35.5. The molecule has 1 aliphatic heterocycles. The molecule has 1 aromatic heterocycles. The van der Waals surface area contributed by atoms with E-state index in [0.717, 1.165) is 23.3 Å². The maximum absolute atomic E-state index is 13.8. The van der Waals surface area contributed by atoms with E-state index in [-0.39, 0.29) is 29.6 Å². The van der Waals surface area contributed by atoms with Crippen molar-refractivity contribution in [1.29, 1.82) is 0 Å². The van der Waals surface area contributed by atoms with Crippen LogP contribution in [0.3, 0.4) is 0 Å². The van der Waals surface area contributed by atoms with Gasteiger partial charge >= 0.3 is 0 Å². The van der Waals surface area contributed by atoms with Crippen LogP contribution in [0.15, 0.2) is 41.2 Å². The fourth-order valence-electron chi connectivity index (χ4n) is 3.70. The van der Waals surface area contributed by atoms with Crippen LogP contribution in [-0.2, 0) is 29.6 Å². The molecule has 4 rings (SSSR count). The smallest absolute Gasteiger partial charge is 0.280 e. The predicted octanol–water partition coefficient (Wildman–Crippen LogP) is 3.37. The lowest BCUT2D eigenvalue weighted by molar-refractivity contribution is 0.285. The predicted molar refractivity (Wildman–Crippen MR) is 119 cm³/mol. The Balaban J connectivity index is 1.62. The molecule has 0 saturated heterocycles. The highest BCUT2D eigenvalue weighted by Gasteiger charge is 2.24. The molecule has 0 fully saturated rings. The second kappa shape index (κ2) is 8.85. The number of aryl methyl sites for hydroxylation is 1. The molecule has 0 N–H and O–H groups in total. The van der Waals surface area contributed by atoms with E-state index in [0.29, 0.717) is 24.5 Å². The monoisotopic (exact) mass is 495 g/mol. The van der Waals surface area contributed by atoms with Gasteiger partial charge in [0.05, 0.1) is 11.9 Å². The molecule has 0 unspecified atom stereocenters. The zero-order valence-electron chi connectivity index (χ0n) is 17.8. The van der Waals surface area contributed by atoms with Gasteiger partial charge in [-0.1, -0.05) is 17.7 Å². The first-order chi connectivity index (χ1) is 15.5. The summed E-state index contributed by atoms with van der Waals surface area (Å²) in [6.07, 6.45) is 1.69. The molecule has 11 heteroatoms. The molecule has 2 aromatic carbocycles. The van der Waals surface area contributed by atoms with Gasteiger partial charge in [0.1, 0.15) is 24.1 Å². The average molecular weight is 496 g/mol. The van der Waals surface area contributed by atoms with Crippen molar-refractivity contribution in [3.63, 3.8) is 0 Å². The van der Waals surface area contributed by atoms with Crippen molar-refractivity contribution in [3.8, 4) is 11.6 Å². The van der Waals surface area contributed by atoms with Gasteiger partial charge in [-0.05, 0) is 48.7 Å². The lowest BCUT2D eigenvalue weighted by Crippen LogP contribution is -2.35. The molecule has 0 bridgehead atoms. The molecule has 33 heavy (non-hydrogen) atoms. The van der Waals surface area contributed by atoms with Crippen LogP contribution in [-0.4, -0.2) is 35.1 Å². The summed E-state index contributed by atoms with van der Waals surface area (Å²) >= 11 is 6.22. The Hall–Kier alpha value is -2.82. The quantitative estimate of drug-likeness (QED) is 0.542. The molecule has 0 aliphatic carbocycles. The molecule has 1 aliphatic rings. The zero-order chi connectivity index (χ0) is 23.9. The summed E-state index contributed by atoms with van der Waals surface area (Å²) in [5.74, 6) is -1.34. The molecule has 2 heterocycles. The SMILES string of the molecule is Cc1nc(OCc2ccc(F)cc2F)c(Cl)c(=O)n1-c1ccc2c(c1)CCN(S(C)(=O)=O)C2. The van der Waals surface area contributed by atoms with Gasteiger partial charge in [-0.25, -0.2) is 17.2 Å². The van der Waals surface area contributed by atoms with Gasteiger partial charge < -0.3 is 4.74 Å². The lowest BCUT2D eigenvalue weighted by Gasteiger charge is -2.27. The Morgan fingerprint density at radius 2 is 1.91 bits per heavy atom. The molecule has 7 nitrogen and oxygen atoms in total.